The van der Waals surface area contributed by atoms with Crippen LogP contribution >= 0.6 is 0 Å². The van der Waals surface area contributed by atoms with Gasteiger partial charge in [0.25, 0.3) is 0 Å². The van der Waals surface area contributed by atoms with Gasteiger partial charge in [-0.15, -0.1) is 0 Å². The number of rotatable bonds is 4. The van der Waals surface area contributed by atoms with Crippen molar-refractivity contribution in [3.05, 3.63) is 59.1 Å². The molecule has 2 nitrogen and oxygen atoms in total. The number of furan rings is 1. The van der Waals surface area contributed by atoms with E-state index in [1.807, 2.05) is 0 Å². The zero-order valence-electron chi connectivity index (χ0n) is 10.3. The van der Waals surface area contributed by atoms with Gasteiger partial charge in [-0.25, -0.2) is 8.78 Å². The van der Waals surface area contributed by atoms with Crippen LogP contribution in [0.15, 0.2) is 35.1 Å². The van der Waals surface area contributed by atoms with Crippen LogP contribution in [-0.2, 0) is 6.42 Å². The van der Waals surface area contributed by atoms with Crippen molar-refractivity contribution in [2.45, 2.75) is 19.4 Å². The van der Waals surface area contributed by atoms with Crippen LogP contribution in [0.4, 0.5) is 8.78 Å². The molecule has 0 aliphatic heterocycles. The van der Waals surface area contributed by atoms with E-state index in [0.717, 1.165) is 5.56 Å². The van der Waals surface area contributed by atoms with E-state index in [-0.39, 0.29) is 5.56 Å². The number of likely N-dealkylation sites (N-methyl/N-ethyl adjacent to an activating group) is 1. The molecule has 1 atom stereocenters. The van der Waals surface area contributed by atoms with Crippen LogP contribution in [-0.4, -0.2) is 7.05 Å². The van der Waals surface area contributed by atoms with E-state index < -0.39 is 17.7 Å². The molecule has 2 rings (SSSR count). The van der Waals surface area contributed by atoms with Crippen LogP contribution in [0.25, 0.3) is 0 Å². The molecule has 4 heteroatoms. The molecule has 2 aromatic rings. The van der Waals surface area contributed by atoms with Gasteiger partial charge in [-0.05, 0) is 43.7 Å². The maximum atomic E-state index is 14.0. The monoisotopic (exact) mass is 251 g/mol. The summed E-state index contributed by atoms with van der Waals surface area (Å²) < 4.78 is 32.8. The van der Waals surface area contributed by atoms with Crippen molar-refractivity contribution in [1.29, 1.82) is 0 Å². The van der Waals surface area contributed by atoms with Crippen molar-refractivity contribution in [3.63, 3.8) is 0 Å². The third-order valence-electron chi connectivity index (χ3n) is 3.04. The van der Waals surface area contributed by atoms with Crippen molar-refractivity contribution >= 4 is 0 Å². The van der Waals surface area contributed by atoms with E-state index in [9.17, 15) is 8.78 Å². The highest BCUT2D eigenvalue weighted by Gasteiger charge is 2.20. The first-order valence-electron chi connectivity index (χ1n) is 5.76. The molecule has 1 unspecified atom stereocenters. The Kier molecular flexibility index (Phi) is 3.77. The lowest BCUT2D eigenvalue weighted by Crippen LogP contribution is -2.21. The predicted molar refractivity (Wildman–Crippen MR) is 65.3 cm³/mol. The summed E-state index contributed by atoms with van der Waals surface area (Å²) in [5.41, 5.74) is 1.42. The average molecular weight is 251 g/mol. The SMILES string of the molecule is CNC(Cc1ccoc1)c1c(F)ccc(C)c1F. The van der Waals surface area contributed by atoms with E-state index in [1.54, 1.807) is 32.6 Å². The maximum absolute atomic E-state index is 14.0. The number of halogens is 2. The standard InChI is InChI=1S/C14H15F2NO/c1-9-3-4-11(15)13(14(9)16)12(17-2)7-10-5-6-18-8-10/h3-6,8,12,17H,7H2,1-2H3. The van der Waals surface area contributed by atoms with Crippen LogP contribution in [0, 0.1) is 18.6 Å². The van der Waals surface area contributed by atoms with Crippen LogP contribution in [0.2, 0.25) is 0 Å². The molecule has 96 valence electrons. The highest BCUT2D eigenvalue weighted by atomic mass is 19.1. The zero-order valence-corrected chi connectivity index (χ0v) is 10.3. The number of benzene rings is 1. The van der Waals surface area contributed by atoms with Gasteiger partial charge in [0, 0.05) is 11.6 Å². The molecule has 1 aromatic carbocycles. The maximum Gasteiger partial charge on any atom is 0.133 e. The lowest BCUT2D eigenvalue weighted by molar-refractivity contribution is 0.483. The van der Waals surface area contributed by atoms with Gasteiger partial charge in [-0.3, -0.25) is 0 Å². The molecule has 0 spiro atoms. The van der Waals surface area contributed by atoms with Gasteiger partial charge in [0.2, 0.25) is 0 Å². The molecule has 0 amide bonds. The van der Waals surface area contributed by atoms with Crippen LogP contribution < -0.4 is 5.32 Å². The summed E-state index contributed by atoms with van der Waals surface area (Å²) in [4.78, 5) is 0. The molecule has 1 aromatic heterocycles. The lowest BCUT2D eigenvalue weighted by Gasteiger charge is -2.18. The summed E-state index contributed by atoms with van der Waals surface area (Å²) in [6, 6.07) is 4.12. The average Bonchev–Trinajstić information content (AvgIpc) is 2.86. The third-order valence-corrected chi connectivity index (χ3v) is 3.04. The Hall–Kier alpha value is -1.68. The van der Waals surface area contributed by atoms with Crippen LogP contribution in [0.3, 0.4) is 0 Å². The molecule has 0 radical (unpaired) electrons. The molecule has 18 heavy (non-hydrogen) atoms. The summed E-state index contributed by atoms with van der Waals surface area (Å²) in [7, 11) is 1.69. The molecule has 0 aliphatic carbocycles. The van der Waals surface area contributed by atoms with Crippen molar-refractivity contribution in [2.24, 2.45) is 0 Å². The van der Waals surface area contributed by atoms with Crippen LogP contribution in [0.5, 0.6) is 0 Å². The van der Waals surface area contributed by atoms with Crippen LogP contribution in [0.1, 0.15) is 22.7 Å². The second-order valence-electron chi connectivity index (χ2n) is 4.27. The fraction of sp³-hybridized carbons (Fsp3) is 0.286. The first kappa shape index (κ1) is 12.8. The molecule has 1 heterocycles. The second-order valence-corrected chi connectivity index (χ2v) is 4.27. The molecule has 0 bridgehead atoms. The highest BCUT2D eigenvalue weighted by molar-refractivity contribution is 5.30. The van der Waals surface area contributed by atoms with Gasteiger partial charge in [0.15, 0.2) is 0 Å². The third kappa shape index (κ3) is 2.43. The predicted octanol–water partition coefficient (Wildman–Crippen LogP) is 3.37. The quantitative estimate of drug-likeness (QED) is 0.901. The minimum Gasteiger partial charge on any atom is -0.472 e. The zero-order chi connectivity index (χ0) is 13.1. The number of hydrogen-bond acceptors (Lipinski definition) is 2. The minimum atomic E-state index is -0.527. The molecule has 1 N–H and O–H groups in total. The molecular weight excluding hydrogens is 236 g/mol. The number of nitrogens with one attached hydrogen (secondary N) is 1. The van der Waals surface area contributed by atoms with Gasteiger partial charge in [0.05, 0.1) is 12.5 Å². The minimum absolute atomic E-state index is 0.0821. The van der Waals surface area contributed by atoms with Crippen molar-refractivity contribution in [1.82, 2.24) is 5.32 Å². The smallest absolute Gasteiger partial charge is 0.133 e. The Morgan fingerprint density at radius 2 is 2.06 bits per heavy atom. The molecular formula is C14H15F2NO. The number of hydrogen-bond donors (Lipinski definition) is 1. The number of aryl methyl sites for hydroxylation is 1. The fourth-order valence-electron chi connectivity index (χ4n) is 1.99. The summed E-state index contributed by atoms with van der Waals surface area (Å²) in [5, 5.41) is 2.94. The molecule has 0 fully saturated rings. The van der Waals surface area contributed by atoms with E-state index in [4.69, 9.17) is 4.42 Å². The Morgan fingerprint density at radius 3 is 2.67 bits per heavy atom. The van der Waals surface area contributed by atoms with E-state index in [0.29, 0.717) is 12.0 Å². The van der Waals surface area contributed by atoms with Crippen molar-refractivity contribution in [2.75, 3.05) is 7.05 Å². The topological polar surface area (TPSA) is 25.2 Å². The van der Waals surface area contributed by atoms with Crippen molar-refractivity contribution < 1.29 is 13.2 Å². The second kappa shape index (κ2) is 5.31. The summed E-state index contributed by atoms with van der Waals surface area (Å²) in [6.45, 7) is 1.63. The Bertz CT molecular complexity index is 523. The fourth-order valence-corrected chi connectivity index (χ4v) is 1.99. The first-order valence-corrected chi connectivity index (χ1v) is 5.76. The normalized spacial score (nSPS) is 12.7. The highest BCUT2D eigenvalue weighted by Crippen LogP contribution is 2.26. The van der Waals surface area contributed by atoms with Gasteiger partial charge in [0.1, 0.15) is 11.6 Å². The molecule has 0 saturated heterocycles. The van der Waals surface area contributed by atoms with E-state index in [1.165, 1.54) is 12.1 Å². The Labute approximate surface area is 105 Å². The first-order chi connectivity index (χ1) is 8.63. The Morgan fingerprint density at radius 1 is 1.28 bits per heavy atom. The summed E-state index contributed by atoms with van der Waals surface area (Å²) in [6.07, 6.45) is 3.60. The summed E-state index contributed by atoms with van der Waals surface area (Å²) >= 11 is 0. The van der Waals surface area contributed by atoms with Gasteiger partial charge >= 0.3 is 0 Å². The molecule has 0 aliphatic rings. The lowest BCUT2D eigenvalue weighted by atomic mass is 9.97. The Balaban J connectivity index is 2.35. The van der Waals surface area contributed by atoms with Gasteiger partial charge in [-0.1, -0.05) is 6.07 Å². The van der Waals surface area contributed by atoms with E-state index in [2.05, 4.69) is 5.32 Å². The van der Waals surface area contributed by atoms with Gasteiger partial charge in [-0.2, -0.15) is 0 Å². The summed E-state index contributed by atoms with van der Waals surface area (Å²) in [5.74, 6) is -1.02. The van der Waals surface area contributed by atoms with E-state index >= 15 is 0 Å². The van der Waals surface area contributed by atoms with Gasteiger partial charge < -0.3 is 9.73 Å². The van der Waals surface area contributed by atoms with Crippen molar-refractivity contribution in [3.8, 4) is 0 Å². The molecule has 0 saturated carbocycles. The largest absolute Gasteiger partial charge is 0.472 e.